The van der Waals surface area contributed by atoms with Crippen LogP contribution in [0.4, 0.5) is 5.69 Å². The maximum atomic E-state index is 12.4. The van der Waals surface area contributed by atoms with E-state index >= 15 is 0 Å². The molecule has 134 valence electrons. The lowest BCUT2D eigenvalue weighted by atomic mass is 10.1. The van der Waals surface area contributed by atoms with E-state index in [4.69, 9.17) is 4.74 Å². The number of benzene rings is 2. The maximum absolute atomic E-state index is 12.4. The number of ether oxygens (including phenoxy) is 1. The van der Waals surface area contributed by atoms with E-state index in [0.29, 0.717) is 12.3 Å². The van der Waals surface area contributed by atoms with Crippen molar-refractivity contribution in [3.8, 4) is 11.8 Å². The Morgan fingerprint density at radius 2 is 1.81 bits per heavy atom. The van der Waals surface area contributed by atoms with Crippen LogP contribution in [0.2, 0.25) is 0 Å². The molecular formula is C22H24N2O2. The molecule has 26 heavy (non-hydrogen) atoms. The predicted octanol–water partition coefficient (Wildman–Crippen LogP) is 5.03. The van der Waals surface area contributed by atoms with Gasteiger partial charge >= 0.3 is 0 Å². The SMILES string of the molecule is CCCCOc1ccc(/C=C(\C#N)C(=O)Nc2cc(C)cc(C)c2)cc1. The van der Waals surface area contributed by atoms with Gasteiger partial charge in [0.05, 0.1) is 6.61 Å². The number of amides is 1. The molecule has 0 aromatic heterocycles. The van der Waals surface area contributed by atoms with E-state index < -0.39 is 5.91 Å². The third kappa shape index (κ3) is 5.78. The zero-order valence-corrected chi connectivity index (χ0v) is 15.5. The van der Waals surface area contributed by atoms with Gasteiger partial charge in [-0.05, 0) is 67.3 Å². The number of nitrogens with zero attached hydrogens (tertiary/aromatic N) is 1. The largest absolute Gasteiger partial charge is 0.494 e. The number of unbranched alkanes of at least 4 members (excludes halogenated alkanes) is 1. The van der Waals surface area contributed by atoms with Gasteiger partial charge in [-0.2, -0.15) is 5.26 Å². The second-order valence-electron chi connectivity index (χ2n) is 6.27. The van der Waals surface area contributed by atoms with Crippen LogP contribution in [-0.4, -0.2) is 12.5 Å². The monoisotopic (exact) mass is 348 g/mol. The highest BCUT2D eigenvalue weighted by atomic mass is 16.5. The summed E-state index contributed by atoms with van der Waals surface area (Å²) in [5.74, 6) is 0.370. The van der Waals surface area contributed by atoms with Gasteiger partial charge in [0.15, 0.2) is 0 Å². The molecule has 2 aromatic carbocycles. The number of nitrogens with one attached hydrogen (secondary N) is 1. The predicted molar refractivity (Wildman–Crippen MR) is 105 cm³/mol. The molecular weight excluding hydrogens is 324 g/mol. The van der Waals surface area contributed by atoms with Crippen LogP contribution in [0, 0.1) is 25.2 Å². The number of rotatable bonds is 7. The topological polar surface area (TPSA) is 62.1 Å². The Bertz CT molecular complexity index is 810. The zero-order chi connectivity index (χ0) is 18.9. The van der Waals surface area contributed by atoms with Crippen LogP contribution in [0.5, 0.6) is 5.75 Å². The minimum atomic E-state index is -0.416. The molecule has 2 rings (SSSR count). The Labute approximate surface area is 155 Å². The van der Waals surface area contributed by atoms with Crippen LogP contribution in [-0.2, 0) is 4.79 Å². The van der Waals surface area contributed by atoms with Crippen molar-refractivity contribution in [2.45, 2.75) is 33.6 Å². The number of hydrogen-bond acceptors (Lipinski definition) is 3. The second kappa shape index (κ2) is 9.43. The van der Waals surface area contributed by atoms with Crippen LogP contribution in [0.15, 0.2) is 48.0 Å². The van der Waals surface area contributed by atoms with Crippen LogP contribution < -0.4 is 10.1 Å². The third-order valence-electron chi connectivity index (χ3n) is 3.80. The van der Waals surface area contributed by atoms with E-state index in [-0.39, 0.29) is 5.57 Å². The Kier molecular flexibility index (Phi) is 6.99. The van der Waals surface area contributed by atoms with Crippen LogP contribution in [0.25, 0.3) is 6.08 Å². The molecule has 0 unspecified atom stereocenters. The molecule has 0 heterocycles. The Morgan fingerprint density at radius 1 is 1.15 bits per heavy atom. The Balaban J connectivity index is 2.09. The highest BCUT2D eigenvalue weighted by molar-refractivity contribution is 6.09. The molecule has 0 aliphatic heterocycles. The summed E-state index contributed by atoms with van der Waals surface area (Å²) in [6.07, 6.45) is 3.68. The first kappa shape index (κ1) is 19.3. The fraction of sp³-hybridized carbons (Fsp3) is 0.273. The van der Waals surface area contributed by atoms with Gasteiger partial charge in [0.2, 0.25) is 0 Å². The molecule has 0 saturated heterocycles. The van der Waals surface area contributed by atoms with E-state index in [9.17, 15) is 10.1 Å². The standard InChI is InChI=1S/C22H24N2O2/c1-4-5-10-26-21-8-6-18(7-9-21)14-19(15-23)22(25)24-20-12-16(2)11-17(3)13-20/h6-9,11-14H,4-5,10H2,1-3H3,(H,24,25)/b19-14+. The minimum absolute atomic E-state index is 0.0591. The number of carbonyl (C=O) groups is 1. The van der Waals surface area contributed by atoms with E-state index in [2.05, 4.69) is 12.2 Å². The lowest BCUT2D eigenvalue weighted by Gasteiger charge is -2.07. The van der Waals surface area contributed by atoms with Gasteiger partial charge < -0.3 is 10.1 Å². The molecule has 4 heteroatoms. The van der Waals surface area contributed by atoms with Gasteiger partial charge in [0.25, 0.3) is 5.91 Å². The van der Waals surface area contributed by atoms with Crippen molar-refractivity contribution in [3.05, 3.63) is 64.7 Å². The molecule has 1 N–H and O–H groups in total. The average molecular weight is 348 g/mol. The summed E-state index contributed by atoms with van der Waals surface area (Å²) in [5, 5.41) is 12.1. The highest BCUT2D eigenvalue weighted by Crippen LogP contribution is 2.17. The second-order valence-corrected chi connectivity index (χ2v) is 6.27. The first-order valence-electron chi connectivity index (χ1n) is 8.76. The van der Waals surface area contributed by atoms with Crippen molar-refractivity contribution in [1.82, 2.24) is 0 Å². The number of nitriles is 1. The van der Waals surface area contributed by atoms with Crippen LogP contribution in [0.1, 0.15) is 36.5 Å². The van der Waals surface area contributed by atoms with E-state index in [0.717, 1.165) is 35.3 Å². The Morgan fingerprint density at radius 3 is 2.38 bits per heavy atom. The highest BCUT2D eigenvalue weighted by Gasteiger charge is 2.10. The molecule has 0 spiro atoms. The van der Waals surface area contributed by atoms with Gasteiger partial charge in [0, 0.05) is 5.69 Å². The lowest BCUT2D eigenvalue weighted by molar-refractivity contribution is -0.112. The van der Waals surface area contributed by atoms with Crippen molar-refractivity contribution in [1.29, 1.82) is 5.26 Å². The van der Waals surface area contributed by atoms with E-state index in [1.807, 2.05) is 62.4 Å². The first-order chi connectivity index (χ1) is 12.5. The van der Waals surface area contributed by atoms with E-state index in [1.165, 1.54) is 0 Å². The smallest absolute Gasteiger partial charge is 0.266 e. The van der Waals surface area contributed by atoms with Crippen molar-refractivity contribution < 1.29 is 9.53 Å². The Hall–Kier alpha value is -3.06. The summed E-state index contributed by atoms with van der Waals surface area (Å²) in [5.41, 5.74) is 3.64. The molecule has 0 aliphatic carbocycles. The van der Waals surface area contributed by atoms with E-state index in [1.54, 1.807) is 6.08 Å². The molecule has 0 atom stereocenters. The number of carbonyl (C=O) groups excluding carboxylic acids is 1. The fourth-order valence-electron chi connectivity index (χ4n) is 2.56. The van der Waals surface area contributed by atoms with Crippen molar-refractivity contribution in [2.75, 3.05) is 11.9 Å². The minimum Gasteiger partial charge on any atom is -0.494 e. The van der Waals surface area contributed by atoms with Gasteiger partial charge in [0.1, 0.15) is 17.4 Å². The summed E-state index contributed by atoms with van der Waals surface area (Å²) >= 11 is 0. The molecule has 1 amide bonds. The lowest BCUT2D eigenvalue weighted by Crippen LogP contribution is -2.13. The summed E-state index contributed by atoms with van der Waals surface area (Å²) in [4.78, 5) is 12.4. The quantitative estimate of drug-likeness (QED) is 0.434. The molecule has 0 aliphatic rings. The molecule has 2 aromatic rings. The maximum Gasteiger partial charge on any atom is 0.266 e. The molecule has 0 radical (unpaired) electrons. The summed E-state index contributed by atoms with van der Waals surface area (Å²) < 4.78 is 5.62. The van der Waals surface area contributed by atoms with Crippen molar-refractivity contribution >= 4 is 17.7 Å². The third-order valence-corrected chi connectivity index (χ3v) is 3.80. The van der Waals surface area contributed by atoms with Crippen LogP contribution >= 0.6 is 0 Å². The molecule has 4 nitrogen and oxygen atoms in total. The zero-order valence-electron chi connectivity index (χ0n) is 15.5. The molecule has 0 bridgehead atoms. The van der Waals surface area contributed by atoms with Gasteiger partial charge in [-0.25, -0.2) is 0 Å². The van der Waals surface area contributed by atoms with Gasteiger partial charge in [-0.15, -0.1) is 0 Å². The molecule has 0 fully saturated rings. The normalized spacial score (nSPS) is 10.9. The van der Waals surface area contributed by atoms with Crippen LogP contribution in [0.3, 0.4) is 0 Å². The van der Waals surface area contributed by atoms with Crippen molar-refractivity contribution in [2.24, 2.45) is 0 Å². The fourth-order valence-corrected chi connectivity index (χ4v) is 2.56. The summed E-state index contributed by atoms with van der Waals surface area (Å²) in [6.45, 7) is 6.74. The number of anilines is 1. The average Bonchev–Trinajstić information content (AvgIpc) is 2.60. The number of hydrogen-bond donors (Lipinski definition) is 1. The first-order valence-corrected chi connectivity index (χ1v) is 8.76. The van der Waals surface area contributed by atoms with Gasteiger partial charge in [-0.3, -0.25) is 4.79 Å². The van der Waals surface area contributed by atoms with Gasteiger partial charge in [-0.1, -0.05) is 31.5 Å². The summed E-state index contributed by atoms with van der Waals surface area (Å²) in [7, 11) is 0. The number of aryl methyl sites for hydroxylation is 2. The summed E-state index contributed by atoms with van der Waals surface area (Å²) in [6, 6.07) is 15.1. The van der Waals surface area contributed by atoms with Crippen molar-refractivity contribution in [3.63, 3.8) is 0 Å². The molecule has 0 saturated carbocycles.